The topological polar surface area (TPSA) is 84.5 Å². The molecule has 148 valence electrons. The molecule has 1 atom stereocenters. The zero-order valence-electron chi connectivity index (χ0n) is 14.8. The quantitative estimate of drug-likeness (QED) is 0.777. The second-order valence-corrected chi connectivity index (χ2v) is 6.42. The van der Waals surface area contributed by atoms with Gasteiger partial charge in [-0.15, -0.1) is 0 Å². The van der Waals surface area contributed by atoms with Crippen LogP contribution in [-0.2, 0) is 15.7 Å². The smallest absolute Gasteiger partial charge is 0.416 e. The molecule has 0 aromatic heterocycles. The van der Waals surface area contributed by atoms with E-state index in [4.69, 9.17) is 4.74 Å². The van der Waals surface area contributed by atoms with Crippen LogP contribution in [-0.4, -0.2) is 30.1 Å². The summed E-state index contributed by atoms with van der Waals surface area (Å²) < 4.78 is 43.0. The van der Waals surface area contributed by atoms with E-state index in [0.717, 1.165) is 50.3 Å². The summed E-state index contributed by atoms with van der Waals surface area (Å²) in [7, 11) is 0. The van der Waals surface area contributed by atoms with Gasteiger partial charge < -0.3 is 10.1 Å². The lowest BCUT2D eigenvalue weighted by molar-refractivity contribution is -0.137. The van der Waals surface area contributed by atoms with E-state index >= 15 is 0 Å². The number of hydrogen-bond donors (Lipinski definition) is 2. The van der Waals surface area contributed by atoms with Crippen molar-refractivity contribution >= 4 is 17.9 Å². The number of hydrogen-bond acceptors (Lipinski definition) is 4. The molecule has 0 unspecified atom stereocenters. The highest BCUT2D eigenvalue weighted by Crippen LogP contribution is 2.29. The molecule has 0 spiro atoms. The Morgan fingerprint density at radius 2 is 1.81 bits per heavy atom. The third-order valence-corrected chi connectivity index (χ3v) is 4.26. The van der Waals surface area contributed by atoms with Crippen LogP contribution >= 0.6 is 0 Å². The van der Waals surface area contributed by atoms with Crippen LogP contribution in [0.15, 0.2) is 24.3 Å². The van der Waals surface area contributed by atoms with Crippen LogP contribution in [0.3, 0.4) is 0 Å². The third-order valence-electron chi connectivity index (χ3n) is 4.26. The molecular weight excluding hydrogens is 365 g/mol. The fourth-order valence-electron chi connectivity index (χ4n) is 2.79. The minimum atomic E-state index is -4.60. The van der Waals surface area contributed by atoms with Crippen molar-refractivity contribution in [3.05, 3.63) is 35.4 Å². The Hall–Kier alpha value is -2.58. The standard InChI is InChI=1S/C18H21F3N2O4/c1-11(15(24)23-17(26)22-14-8-3-2-4-9-14)27-16(25)12-6-5-7-13(10-12)18(19,20)21/h5-7,10-11,14H,2-4,8-9H2,1H3,(H2,22,23,24,26)/t11-/m0/s1. The lowest BCUT2D eigenvalue weighted by atomic mass is 9.96. The maximum absolute atomic E-state index is 12.7. The van der Waals surface area contributed by atoms with Crippen LogP contribution < -0.4 is 10.6 Å². The minimum absolute atomic E-state index is 0.00508. The Balaban J connectivity index is 1.88. The number of benzene rings is 1. The van der Waals surface area contributed by atoms with E-state index < -0.39 is 35.8 Å². The number of amides is 3. The predicted molar refractivity (Wildman–Crippen MR) is 89.9 cm³/mol. The highest BCUT2D eigenvalue weighted by molar-refractivity contribution is 5.98. The summed E-state index contributed by atoms with van der Waals surface area (Å²) >= 11 is 0. The van der Waals surface area contributed by atoms with E-state index in [2.05, 4.69) is 10.6 Å². The predicted octanol–water partition coefficient (Wildman–Crippen LogP) is 3.41. The van der Waals surface area contributed by atoms with Crippen molar-refractivity contribution in [2.45, 2.75) is 57.3 Å². The van der Waals surface area contributed by atoms with Gasteiger partial charge in [0.1, 0.15) is 0 Å². The van der Waals surface area contributed by atoms with Gasteiger partial charge in [-0.3, -0.25) is 10.1 Å². The van der Waals surface area contributed by atoms with Gasteiger partial charge in [0, 0.05) is 6.04 Å². The normalized spacial score (nSPS) is 16.3. The average Bonchev–Trinajstić information content (AvgIpc) is 2.61. The molecule has 9 heteroatoms. The number of nitrogens with one attached hydrogen (secondary N) is 2. The molecule has 1 saturated carbocycles. The number of urea groups is 1. The van der Waals surface area contributed by atoms with Crippen LogP contribution in [0.2, 0.25) is 0 Å². The van der Waals surface area contributed by atoms with Gasteiger partial charge >= 0.3 is 18.2 Å². The maximum atomic E-state index is 12.7. The Morgan fingerprint density at radius 3 is 2.44 bits per heavy atom. The first-order valence-corrected chi connectivity index (χ1v) is 8.66. The van der Waals surface area contributed by atoms with Gasteiger partial charge in [-0.05, 0) is 38.0 Å². The summed E-state index contributed by atoms with van der Waals surface area (Å²) in [5.41, 5.74) is -1.34. The van der Waals surface area contributed by atoms with Gasteiger partial charge in [0.05, 0.1) is 11.1 Å². The molecule has 0 radical (unpaired) electrons. The molecule has 0 heterocycles. The molecule has 1 fully saturated rings. The lowest BCUT2D eigenvalue weighted by Crippen LogP contribution is -2.48. The van der Waals surface area contributed by atoms with E-state index in [-0.39, 0.29) is 11.6 Å². The molecular formula is C18H21F3N2O4. The molecule has 6 nitrogen and oxygen atoms in total. The molecule has 2 N–H and O–H groups in total. The molecule has 1 aliphatic rings. The number of esters is 1. The second kappa shape index (κ2) is 8.88. The first kappa shape index (κ1) is 20.7. The van der Waals surface area contributed by atoms with Gasteiger partial charge in [0.25, 0.3) is 5.91 Å². The summed E-state index contributed by atoms with van der Waals surface area (Å²) in [6.45, 7) is 1.23. The number of carbonyl (C=O) groups is 3. The number of halogens is 3. The van der Waals surface area contributed by atoms with Crippen LogP contribution in [0, 0.1) is 0 Å². The first-order chi connectivity index (χ1) is 12.7. The highest BCUT2D eigenvalue weighted by atomic mass is 19.4. The Bertz CT molecular complexity index is 700. The molecule has 0 aliphatic heterocycles. The number of carbonyl (C=O) groups excluding carboxylic acids is 3. The molecule has 27 heavy (non-hydrogen) atoms. The van der Waals surface area contributed by atoms with Crippen molar-refractivity contribution in [2.75, 3.05) is 0 Å². The second-order valence-electron chi connectivity index (χ2n) is 6.42. The van der Waals surface area contributed by atoms with E-state index in [1.807, 2.05) is 0 Å². The fraction of sp³-hybridized carbons (Fsp3) is 0.500. The molecule has 3 amide bonds. The molecule has 1 aromatic carbocycles. The van der Waals surface area contributed by atoms with Crippen molar-refractivity contribution in [1.29, 1.82) is 0 Å². The number of alkyl halides is 3. The number of rotatable bonds is 4. The molecule has 1 aromatic rings. The van der Waals surface area contributed by atoms with E-state index in [9.17, 15) is 27.6 Å². The lowest BCUT2D eigenvalue weighted by Gasteiger charge is -2.23. The van der Waals surface area contributed by atoms with Gasteiger partial charge in [0.2, 0.25) is 0 Å². The summed E-state index contributed by atoms with van der Waals surface area (Å²) in [6, 6.07) is 2.99. The highest BCUT2D eigenvalue weighted by Gasteiger charge is 2.31. The zero-order valence-corrected chi connectivity index (χ0v) is 14.8. The number of imide groups is 1. The summed E-state index contributed by atoms with van der Waals surface area (Å²) in [5, 5.41) is 4.75. The third kappa shape index (κ3) is 6.26. The summed E-state index contributed by atoms with van der Waals surface area (Å²) in [5.74, 6) is -1.94. The SMILES string of the molecule is C[C@H](OC(=O)c1cccc(C(F)(F)F)c1)C(=O)NC(=O)NC1CCCCC1. The van der Waals surface area contributed by atoms with Gasteiger partial charge in [-0.25, -0.2) is 9.59 Å². The fourth-order valence-corrected chi connectivity index (χ4v) is 2.79. The van der Waals surface area contributed by atoms with Crippen LogP contribution in [0.1, 0.15) is 54.9 Å². The van der Waals surface area contributed by atoms with Crippen molar-refractivity contribution in [1.82, 2.24) is 10.6 Å². The van der Waals surface area contributed by atoms with Gasteiger partial charge in [-0.2, -0.15) is 13.2 Å². The van der Waals surface area contributed by atoms with Crippen molar-refractivity contribution in [3.63, 3.8) is 0 Å². The van der Waals surface area contributed by atoms with E-state index in [1.165, 1.54) is 6.92 Å². The molecule has 2 rings (SSSR count). The molecule has 0 saturated heterocycles. The van der Waals surface area contributed by atoms with Crippen molar-refractivity contribution in [3.8, 4) is 0 Å². The molecule has 0 bridgehead atoms. The van der Waals surface area contributed by atoms with Crippen molar-refractivity contribution in [2.24, 2.45) is 0 Å². The Morgan fingerprint density at radius 1 is 1.15 bits per heavy atom. The zero-order chi connectivity index (χ0) is 20.0. The van der Waals surface area contributed by atoms with Crippen LogP contribution in [0.5, 0.6) is 0 Å². The summed E-state index contributed by atoms with van der Waals surface area (Å²) in [4.78, 5) is 35.8. The molecule has 1 aliphatic carbocycles. The van der Waals surface area contributed by atoms with Gasteiger partial charge in [0.15, 0.2) is 6.10 Å². The minimum Gasteiger partial charge on any atom is -0.449 e. The number of ether oxygens (including phenoxy) is 1. The first-order valence-electron chi connectivity index (χ1n) is 8.66. The van der Waals surface area contributed by atoms with Gasteiger partial charge in [-0.1, -0.05) is 25.3 Å². The van der Waals surface area contributed by atoms with Crippen LogP contribution in [0.25, 0.3) is 0 Å². The Kier molecular flexibility index (Phi) is 6.81. The summed E-state index contributed by atoms with van der Waals surface area (Å²) in [6.07, 6.45) is -1.15. The van der Waals surface area contributed by atoms with Crippen molar-refractivity contribution < 1.29 is 32.3 Å². The van der Waals surface area contributed by atoms with E-state index in [0.29, 0.717) is 6.07 Å². The van der Waals surface area contributed by atoms with Crippen LogP contribution in [0.4, 0.5) is 18.0 Å². The largest absolute Gasteiger partial charge is 0.449 e. The van der Waals surface area contributed by atoms with E-state index in [1.54, 1.807) is 0 Å². The average molecular weight is 386 g/mol. The monoisotopic (exact) mass is 386 g/mol. The Labute approximate surface area is 154 Å². The maximum Gasteiger partial charge on any atom is 0.416 e.